The van der Waals surface area contributed by atoms with Gasteiger partial charge in [-0.05, 0) is 42.3 Å². The van der Waals surface area contributed by atoms with Gasteiger partial charge < -0.3 is 10.1 Å². The molecule has 0 saturated heterocycles. The molecular formula is C25H20N2O5. The zero-order chi connectivity index (χ0) is 22.7. The number of nitrogens with one attached hydrogen (secondary N) is 1. The minimum atomic E-state index is -1.15. The van der Waals surface area contributed by atoms with E-state index in [1.807, 2.05) is 42.5 Å². The first kappa shape index (κ1) is 21.0. The highest BCUT2D eigenvalue weighted by atomic mass is 16.5. The zero-order valence-electron chi connectivity index (χ0n) is 17.3. The van der Waals surface area contributed by atoms with E-state index < -0.39 is 36.3 Å². The molecule has 0 aliphatic carbocycles. The van der Waals surface area contributed by atoms with Crippen LogP contribution in [0, 0.1) is 0 Å². The monoisotopic (exact) mass is 428 g/mol. The fraction of sp³-hybridized carbons (Fsp3) is 0.120. The number of fused-ring (bicyclic) bond motifs is 1. The van der Waals surface area contributed by atoms with Crippen LogP contribution in [0.2, 0.25) is 0 Å². The van der Waals surface area contributed by atoms with E-state index in [0.29, 0.717) is 5.69 Å². The molecule has 3 amide bonds. The summed E-state index contributed by atoms with van der Waals surface area (Å²) in [5, 5.41) is 2.65. The number of carbonyl (C=O) groups is 4. The summed E-state index contributed by atoms with van der Waals surface area (Å²) in [5.41, 5.74) is 3.10. The topological polar surface area (TPSA) is 92.8 Å². The smallest absolute Gasteiger partial charge is 0.329 e. The van der Waals surface area contributed by atoms with Gasteiger partial charge in [0, 0.05) is 5.69 Å². The quantitative estimate of drug-likeness (QED) is 0.479. The highest BCUT2D eigenvalue weighted by Gasteiger charge is 2.41. The van der Waals surface area contributed by atoms with Gasteiger partial charge in [-0.15, -0.1) is 0 Å². The van der Waals surface area contributed by atoms with Crippen molar-refractivity contribution in [3.63, 3.8) is 0 Å². The predicted molar refractivity (Wildman–Crippen MR) is 118 cm³/mol. The van der Waals surface area contributed by atoms with Crippen LogP contribution in [0.5, 0.6) is 0 Å². The minimum Gasteiger partial charge on any atom is -0.454 e. The number of esters is 1. The fourth-order valence-electron chi connectivity index (χ4n) is 3.50. The van der Waals surface area contributed by atoms with Gasteiger partial charge in [0.1, 0.15) is 6.04 Å². The lowest BCUT2D eigenvalue weighted by atomic mass is 10.1. The van der Waals surface area contributed by atoms with Crippen molar-refractivity contribution in [2.24, 2.45) is 0 Å². The third kappa shape index (κ3) is 4.13. The molecule has 1 heterocycles. The molecule has 0 bridgehead atoms. The number of rotatable bonds is 6. The molecule has 0 saturated carbocycles. The number of hydrogen-bond donors (Lipinski definition) is 1. The van der Waals surface area contributed by atoms with Crippen LogP contribution in [0.25, 0.3) is 11.1 Å². The van der Waals surface area contributed by atoms with Gasteiger partial charge in [0.25, 0.3) is 17.7 Å². The maximum absolute atomic E-state index is 12.5. The third-order valence-electron chi connectivity index (χ3n) is 5.18. The maximum atomic E-state index is 12.5. The molecule has 3 aromatic carbocycles. The van der Waals surface area contributed by atoms with Crippen LogP contribution >= 0.6 is 0 Å². The number of anilines is 1. The van der Waals surface area contributed by atoms with Crippen LogP contribution in [-0.4, -0.2) is 41.2 Å². The first-order chi connectivity index (χ1) is 15.5. The van der Waals surface area contributed by atoms with Crippen molar-refractivity contribution >= 4 is 29.4 Å². The van der Waals surface area contributed by atoms with Crippen molar-refractivity contribution in [3.05, 3.63) is 90.0 Å². The molecule has 1 atom stereocenters. The molecule has 0 aromatic heterocycles. The van der Waals surface area contributed by atoms with E-state index in [2.05, 4.69) is 5.32 Å². The van der Waals surface area contributed by atoms with Gasteiger partial charge in [-0.1, -0.05) is 54.6 Å². The highest BCUT2D eigenvalue weighted by Crippen LogP contribution is 2.25. The maximum Gasteiger partial charge on any atom is 0.329 e. The molecule has 1 N–H and O–H groups in total. The normalized spacial score (nSPS) is 13.5. The molecule has 1 aliphatic rings. The Labute approximate surface area is 184 Å². The summed E-state index contributed by atoms with van der Waals surface area (Å²) in [6.07, 6.45) is 0. The van der Waals surface area contributed by atoms with Crippen LogP contribution in [0.1, 0.15) is 27.6 Å². The zero-order valence-corrected chi connectivity index (χ0v) is 17.3. The van der Waals surface area contributed by atoms with E-state index >= 15 is 0 Å². The Morgan fingerprint density at radius 2 is 1.34 bits per heavy atom. The van der Waals surface area contributed by atoms with Gasteiger partial charge in [0.2, 0.25) is 0 Å². The summed E-state index contributed by atoms with van der Waals surface area (Å²) in [6, 6.07) is 22.3. The molecule has 0 spiro atoms. The lowest BCUT2D eigenvalue weighted by molar-refractivity contribution is -0.150. The lowest BCUT2D eigenvalue weighted by Crippen LogP contribution is -2.44. The first-order valence-electron chi connectivity index (χ1n) is 10.0. The molecule has 32 heavy (non-hydrogen) atoms. The van der Waals surface area contributed by atoms with E-state index in [-0.39, 0.29) is 11.1 Å². The summed E-state index contributed by atoms with van der Waals surface area (Å²) < 4.78 is 5.04. The molecule has 1 unspecified atom stereocenters. The molecule has 4 rings (SSSR count). The Morgan fingerprint density at radius 3 is 1.94 bits per heavy atom. The van der Waals surface area contributed by atoms with Crippen molar-refractivity contribution in [2.75, 3.05) is 11.9 Å². The second-order valence-electron chi connectivity index (χ2n) is 7.30. The Bertz CT molecular complexity index is 1150. The van der Waals surface area contributed by atoms with E-state index in [0.717, 1.165) is 16.0 Å². The van der Waals surface area contributed by atoms with E-state index in [1.54, 1.807) is 24.3 Å². The third-order valence-corrected chi connectivity index (χ3v) is 5.18. The number of imide groups is 1. The summed E-state index contributed by atoms with van der Waals surface area (Å²) in [7, 11) is 0. The first-order valence-corrected chi connectivity index (χ1v) is 10.0. The second kappa shape index (κ2) is 8.85. The van der Waals surface area contributed by atoms with Gasteiger partial charge in [-0.3, -0.25) is 19.3 Å². The van der Waals surface area contributed by atoms with Crippen LogP contribution in [-0.2, 0) is 14.3 Å². The van der Waals surface area contributed by atoms with Crippen LogP contribution < -0.4 is 5.32 Å². The predicted octanol–water partition coefficient (Wildman–Crippen LogP) is 3.52. The number of carbonyl (C=O) groups excluding carboxylic acids is 4. The number of amides is 3. The molecular weight excluding hydrogens is 408 g/mol. The standard InChI is InChI=1S/C25H20N2O5/c1-16(27-23(29)20-9-5-6-10-21(20)24(27)30)25(31)32-15-22(28)26-19-13-11-18(12-14-19)17-7-3-2-4-8-17/h2-14,16H,15H2,1H3,(H,26,28). The second-order valence-corrected chi connectivity index (χ2v) is 7.30. The van der Waals surface area contributed by atoms with E-state index in [9.17, 15) is 19.2 Å². The lowest BCUT2D eigenvalue weighted by Gasteiger charge is -2.20. The van der Waals surface area contributed by atoms with E-state index in [4.69, 9.17) is 4.74 Å². The highest BCUT2D eigenvalue weighted by molar-refractivity contribution is 6.22. The van der Waals surface area contributed by atoms with E-state index in [1.165, 1.54) is 19.1 Å². The fourth-order valence-corrected chi connectivity index (χ4v) is 3.50. The Morgan fingerprint density at radius 1 is 0.812 bits per heavy atom. The summed E-state index contributed by atoms with van der Waals surface area (Å²) in [4.78, 5) is 50.4. The molecule has 1 aliphatic heterocycles. The van der Waals surface area contributed by atoms with Gasteiger partial charge in [-0.25, -0.2) is 4.79 Å². The average Bonchev–Trinajstić information content (AvgIpc) is 3.08. The molecule has 160 valence electrons. The number of nitrogens with zero attached hydrogens (tertiary/aromatic N) is 1. The van der Waals surface area contributed by atoms with Crippen LogP contribution in [0.15, 0.2) is 78.9 Å². The Kier molecular flexibility index (Phi) is 5.81. The van der Waals surface area contributed by atoms with Crippen molar-refractivity contribution in [1.29, 1.82) is 0 Å². The van der Waals surface area contributed by atoms with Crippen LogP contribution in [0.4, 0.5) is 5.69 Å². The largest absolute Gasteiger partial charge is 0.454 e. The average molecular weight is 428 g/mol. The molecule has 7 nitrogen and oxygen atoms in total. The molecule has 0 fully saturated rings. The Hall–Kier alpha value is -4.26. The minimum absolute atomic E-state index is 0.244. The number of hydrogen-bond acceptors (Lipinski definition) is 5. The SMILES string of the molecule is CC(C(=O)OCC(=O)Nc1ccc(-c2ccccc2)cc1)N1C(=O)c2ccccc2C1=O. The van der Waals surface area contributed by atoms with Crippen molar-refractivity contribution in [1.82, 2.24) is 4.90 Å². The van der Waals surface area contributed by atoms with Gasteiger partial charge in [-0.2, -0.15) is 0 Å². The Balaban J connectivity index is 1.32. The van der Waals surface area contributed by atoms with Crippen LogP contribution in [0.3, 0.4) is 0 Å². The van der Waals surface area contributed by atoms with Gasteiger partial charge >= 0.3 is 5.97 Å². The van der Waals surface area contributed by atoms with Gasteiger partial charge in [0.15, 0.2) is 6.61 Å². The summed E-state index contributed by atoms with van der Waals surface area (Å²) >= 11 is 0. The molecule has 3 aromatic rings. The van der Waals surface area contributed by atoms with Gasteiger partial charge in [0.05, 0.1) is 11.1 Å². The molecule has 7 heteroatoms. The summed E-state index contributed by atoms with van der Waals surface area (Å²) in [5.74, 6) is -2.48. The molecule has 0 radical (unpaired) electrons. The number of ether oxygens (including phenoxy) is 1. The van der Waals surface area contributed by atoms with Crippen molar-refractivity contribution in [2.45, 2.75) is 13.0 Å². The van der Waals surface area contributed by atoms with Crippen molar-refractivity contribution in [3.8, 4) is 11.1 Å². The number of benzene rings is 3. The van der Waals surface area contributed by atoms with Crippen molar-refractivity contribution < 1.29 is 23.9 Å². The summed E-state index contributed by atoms with van der Waals surface area (Å²) in [6.45, 7) is 0.858.